The van der Waals surface area contributed by atoms with Gasteiger partial charge in [0.05, 0.1) is 5.69 Å². The van der Waals surface area contributed by atoms with Crippen LogP contribution < -0.4 is 5.32 Å². The van der Waals surface area contributed by atoms with Crippen LogP contribution in [0.25, 0.3) is 5.65 Å². The van der Waals surface area contributed by atoms with Crippen LogP contribution in [-0.2, 0) is 19.5 Å². The lowest BCUT2D eigenvalue weighted by molar-refractivity contribution is 0.369. The molecule has 3 aromatic heterocycles. The van der Waals surface area contributed by atoms with Crippen LogP contribution >= 0.6 is 11.6 Å². The van der Waals surface area contributed by atoms with Crippen molar-refractivity contribution in [2.45, 2.75) is 51.7 Å². The summed E-state index contributed by atoms with van der Waals surface area (Å²) in [6, 6.07) is 6.32. The molecule has 0 unspecified atom stereocenters. The first-order valence-electron chi connectivity index (χ1n) is 8.40. The van der Waals surface area contributed by atoms with Crippen molar-refractivity contribution in [2.75, 3.05) is 0 Å². The number of hydrogen-bond acceptors (Lipinski definition) is 4. The molecule has 1 N–H and O–H groups in total. The van der Waals surface area contributed by atoms with Crippen LogP contribution in [0.1, 0.15) is 43.5 Å². The molecule has 0 aliphatic carbocycles. The van der Waals surface area contributed by atoms with E-state index in [2.05, 4.69) is 38.9 Å². The molecule has 0 amide bonds. The lowest BCUT2D eigenvalue weighted by Gasteiger charge is -2.26. The highest BCUT2D eigenvalue weighted by molar-refractivity contribution is 6.30. The molecular formula is C17H21ClN6. The number of imidazole rings is 1. The number of pyridine rings is 1. The number of aromatic nitrogens is 5. The van der Waals surface area contributed by atoms with Gasteiger partial charge in [-0.1, -0.05) is 31.5 Å². The van der Waals surface area contributed by atoms with E-state index >= 15 is 0 Å². The van der Waals surface area contributed by atoms with Crippen molar-refractivity contribution >= 4 is 17.2 Å². The zero-order valence-electron chi connectivity index (χ0n) is 13.9. The van der Waals surface area contributed by atoms with Crippen LogP contribution in [0.4, 0.5) is 0 Å². The Morgan fingerprint density at radius 3 is 3.04 bits per heavy atom. The second-order valence-corrected chi connectivity index (χ2v) is 6.99. The summed E-state index contributed by atoms with van der Waals surface area (Å²) in [5, 5.41) is 12.9. The van der Waals surface area contributed by atoms with Crippen molar-refractivity contribution in [3.63, 3.8) is 0 Å². The van der Waals surface area contributed by atoms with E-state index in [1.165, 1.54) is 0 Å². The Morgan fingerprint density at radius 1 is 1.33 bits per heavy atom. The smallest absolute Gasteiger partial charge is 0.152 e. The number of hydrogen-bond donors (Lipinski definition) is 1. The minimum atomic E-state index is 0.385. The molecule has 7 heteroatoms. The summed E-state index contributed by atoms with van der Waals surface area (Å²) in [4.78, 5) is 4.41. The van der Waals surface area contributed by atoms with Crippen molar-refractivity contribution in [3.8, 4) is 0 Å². The highest BCUT2D eigenvalue weighted by Gasteiger charge is 2.24. The van der Waals surface area contributed by atoms with E-state index in [-0.39, 0.29) is 0 Å². The molecule has 1 atom stereocenters. The maximum Gasteiger partial charge on any atom is 0.152 e. The molecule has 0 bridgehead atoms. The molecule has 1 aliphatic heterocycles. The van der Waals surface area contributed by atoms with E-state index in [0.717, 1.165) is 42.4 Å². The van der Waals surface area contributed by atoms with E-state index in [0.29, 0.717) is 23.7 Å². The van der Waals surface area contributed by atoms with Gasteiger partial charge < -0.3 is 14.3 Å². The summed E-state index contributed by atoms with van der Waals surface area (Å²) in [6.45, 7) is 5.92. The molecule has 1 aliphatic rings. The molecule has 0 radical (unpaired) electrons. The van der Waals surface area contributed by atoms with E-state index in [9.17, 15) is 0 Å². The quantitative estimate of drug-likeness (QED) is 0.790. The molecule has 6 nitrogen and oxygen atoms in total. The van der Waals surface area contributed by atoms with Gasteiger partial charge in [0.15, 0.2) is 5.15 Å². The minimum Gasteiger partial charge on any atom is -0.313 e. The first-order valence-corrected chi connectivity index (χ1v) is 8.78. The molecular weight excluding hydrogens is 324 g/mol. The monoisotopic (exact) mass is 344 g/mol. The number of aryl methyl sites for hydroxylation is 1. The first kappa shape index (κ1) is 15.6. The summed E-state index contributed by atoms with van der Waals surface area (Å²) >= 11 is 6.32. The van der Waals surface area contributed by atoms with Gasteiger partial charge in [-0.2, -0.15) is 0 Å². The minimum absolute atomic E-state index is 0.385. The number of fused-ring (bicyclic) bond motifs is 2. The molecule has 4 rings (SSSR count). The second kappa shape index (κ2) is 6.18. The fraction of sp³-hybridized carbons (Fsp3) is 0.471. The van der Waals surface area contributed by atoms with Crippen molar-refractivity contribution in [3.05, 3.63) is 46.9 Å². The van der Waals surface area contributed by atoms with Crippen LogP contribution in [0.5, 0.6) is 0 Å². The van der Waals surface area contributed by atoms with Gasteiger partial charge in [0.2, 0.25) is 0 Å². The standard InChI is InChI=1S/C17H21ClN6/c1-11(2)17-22-21-15-7-6-12(10-24(15)17)19-9-13-16(18)20-14-5-3-4-8-23(13)14/h3-5,8,11-12,19H,6-7,9-10H2,1-2H3/t12-/m1/s1. The summed E-state index contributed by atoms with van der Waals surface area (Å²) in [6.07, 6.45) is 4.02. The molecule has 0 fully saturated rings. The molecule has 0 aromatic carbocycles. The van der Waals surface area contributed by atoms with Crippen LogP contribution in [0.15, 0.2) is 24.4 Å². The highest BCUT2D eigenvalue weighted by Crippen LogP contribution is 2.21. The maximum atomic E-state index is 6.32. The van der Waals surface area contributed by atoms with E-state index in [4.69, 9.17) is 11.6 Å². The van der Waals surface area contributed by atoms with Crippen LogP contribution in [0.2, 0.25) is 5.15 Å². The Bertz CT molecular complexity index is 865. The van der Waals surface area contributed by atoms with Gasteiger partial charge in [0, 0.05) is 37.7 Å². The Hall–Kier alpha value is -1.92. The van der Waals surface area contributed by atoms with Gasteiger partial charge in [0.25, 0.3) is 0 Å². The Morgan fingerprint density at radius 2 is 2.21 bits per heavy atom. The van der Waals surface area contributed by atoms with Crippen LogP contribution in [0, 0.1) is 0 Å². The van der Waals surface area contributed by atoms with Crippen molar-refractivity contribution in [1.82, 2.24) is 29.5 Å². The molecule has 126 valence electrons. The topological polar surface area (TPSA) is 60.0 Å². The van der Waals surface area contributed by atoms with Gasteiger partial charge in [-0.15, -0.1) is 10.2 Å². The molecule has 0 spiro atoms. The van der Waals surface area contributed by atoms with Gasteiger partial charge >= 0.3 is 0 Å². The molecule has 3 aromatic rings. The Balaban J connectivity index is 1.50. The first-order chi connectivity index (χ1) is 11.6. The Labute approximate surface area is 145 Å². The second-order valence-electron chi connectivity index (χ2n) is 6.63. The fourth-order valence-electron chi connectivity index (χ4n) is 3.36. The third-order valence-electron chi connectivity index (χ3n) is 4.63. The van der Waals surface area contributed by atoms with Crippen LogP contribution in [-0.4, -0.2) is 30.2 Å². The third-order valence-corrected chi connectivity index (χ3v) is 4.93. The zero-order valence-corrected chi connectivity index (χ0v) is 14.7. The average molecular weight is 345 g/mol. The number of rotatable bonds is 4. The SMILES string of the molecule is CC(C)c1nnc2n1C[C@H](NCc1c(Cl)nc3ccccn13)CC2. The predicted octanol–water partition coefficient (Wildman–Crippen LogP) is 2.81. The number of nitrogens with one attached hydrogen (secondary N) is 1. The molecule has 0 saturated carbocycles. The summed E-state index contributed by atoms with van der Waals surface area (Å²) in [5.41, 5.74) is 1.89. The maximum absolute atomic E-state index is 6.32. The van der Waals surface area contributed by atoms with Gasteiger partial charge in [-0.3, -0.25) is 0 Å². The van der Waals surface area contributed by atoms with Gasteiger partial charge in [-0.25, -0.2) is 4.98 Å². The number of halogens is 1. The van der Waals surface area contributed by atoms with Gasteiger partial charge in [-0.05, 0) is 18.6 Å². The molecule has 24 heavy (non-hydrogen) atoms. The largest absolute Gasteiger partial charge is 0.313 e. The van der Waals surface area contributed by atoms with E-state index in [1.807, 2.05) is 28.8 Å². The van der Waals surface area contributed by atoms with Crippen LogP contribution in [0.3, 0.4) is 0 Å². The molecule has 4 heterocycles. The summed E-state index contributed by atoms with van der Waals surface area (Å²) in [7, 11) is 0. The highest BCUT2D eigenvalue weighted by atomic mass is 35.5. The van der Waals surface area contributed by atoms with E-state index in [1.54, 1.807) is 0 Å². The lowest BCUT2D eigenvalue weighted by atomic mass is 10.1. The Kier molecular flexibility index (Phi) is 4.02. The van der Waals surface area contributed by atoms with Crippen molar-refractivity contribution < 1.29 is 0 Å². The normalized spacial score (nSPS) is 17.6. The third kappa shape index (κ3) is 2.70. The number of nitrogens with zero attached hydrogens (tertiary/aromatic N) is 5. The lowest BCUT2D eigenvalue weighted by Crippen LogP contribution is -2.38. The predicted molar refractivity (Wildman–Crippen MR) is 93.3 cm³/mol. The van der Waals surface area contributed by atoms with Gasteiger partial charge in [0.1, 0.15) is 17.3 Å². The summed E-state index contributed by atoms with van der Waals surface area (Å²) < 4.78 is 4.31. The average Bonchev–Trinajstić information content (AvgIpc) is 3.12. The van der Waals surface area contributed by atoms with E-state index < -0.39 is 0 Å². The zero-order chi connectivity index (χ0) is 16.7. The summed E-state index contributed by atoms with van der Waals surface area (Å²) in [5.74, 6) is 2.56. The van der Waals surface area contributed by atoms with Crippen molar-refractivity contribution in [1.29, 1.82) is 0 Å². The fourth-order valence-corrected chi connectivity index (χ4v) is 3.60. The van der Waals surface area contributed by atoms with Crippen molar-refractivity contribution in [2.24, 2.45) is 0 Å². The molecule has 0 saturated heterocycles.